The molecule has 154 valence electrons. The van der Waals surface area contributed by atoms with Crippen LogP contribution in [0.3, 0.4) is 0 Å². The van der Waals surface area contributed by atoms with Crippen LogP contribution in [0.4, 0.5) is 10.1 Å². The van der Waals surface area contributed by atoms with Gasteiger partial charge in [-0.2, -0.15) is 0 Å². The van der Waals surface area contributed by atoms with Gasteiger partial charge < -0.3 is 15.2 Å². The number of aromatic nitrogens is 1. The molecule has 31 heavy (non-hydrogen) atoms. The molecule has 0 unspecified atom stereocenters. The van der Waals surface area contributed by atoms with Crippen LogP contribution in [0.15, 0.2) is 79.0 Å². The third kappa shape index (κ3) is 3.17. The number of aromatic amines is 1. The maximum atomic E-state index is 13.6. The van der Waals surface area contributed by atoms with Crippen molar-refractivity contribution in [3.63, 3.8) is 0 Å². The third-order valence-corrected chi connectivity index (χ3v) is 5.91. The molecule has 0 aliphatic carbocycles. The number of nitrogens with zero attached hydrogens (tertiary/aromatic N) is 1. The maximum Gasteiger partial charge on any atom is 0.254 e. The van der Waals surface area contributed by atoms with Crippen molar-refractivity contribution in [1.82, 2.24) is 9.88 Å². The average Bonchev–Trinajstić information content (AvgIpc) is 3.21. The van der Waals surface area contributed by atoms with E-state index in [2.05, 4.69) is 10.3 Å². The van der Waals surface area contributed by atoms with E-state index >= 15 is 0 Å². The Morgan fingerprint density at radius 3 is 2.48 bits per heavy atom. The molecule has 5 nitrogen and oxygen atoms in total. The summed E-state index contributed by atoms with van der Waals surface area (Å²) in [5.74, 6) is -1.39. The molecule has 0 fully saturated rings. The number of amides is 2. The lowest BCUT2D eigenvalue weighted by Gasteiger charge is -2.39. The molecule has 5 rings (SSSR count). The zero-order valence-corrected chi connectivity index (χ0v) is 16.8. The first kappa shape index (κ1) is 19.1. The zero-order valence-electron chi connectivity index (χ0n) is 16.8. The second kappa shape index (κ2) is 7.40. The largest absolute Gasteiger partial charge is 0.361 e. The normalized spacial score (nSPS) is 18.1. The Kier molecular flexibility index (Phi) is 4.55. The summed E-state index contributed by atoms with van der Waals surface area (Å²) in [5.41, 5.74) is 3.51. The molecule has 0 spiro atoms. The first-order chi connectivity index (χ1) is 15.0. The Morgan fingerprint density at radius 2 is 1.68 bits per heavy atom. The number of likely N-dealkylation sites (N-methyl/N-ethyl adjacent to an activating group) is 1. The molecule has 2 N–H and O–H groups in total. The molecule has 1 aliphatic heterocycles. The molecule has 2 atom stereocenters. The minimum Gasteiger partial charge on any atom is -0.361 e. The number of hydrogen-bond acceptors (Lipinski definition) is 2. The van der Waals surface area contributed by atoms with Gasteiger partial charge in [0.05, 0.1) is 12.0 Å². The van der Waals surface area contributed by atoms with Crippen molar-refractivity contribution in [2.45, 2.75) is 12.0 Å². The molecule has 6 heteroatoms. The first-order valence-electron chi connectivity index (χ1n) is 10.0. The molecule has 0 bridgehead atoms. The van der Waals surface area contributed by atoms with E-state index in [0.717, 1.165) is 16.5 Å². The van der Waals surface area contributed by atoms with Gasteiger partial charge >= 0.3 is 0 Å². The summed E-state index contributed by atoms with van der Waals surface area (Å²) < 4.78 is 13.3. The fourth-order valence-corrected chi connectivity index (χ4v) is 4.44. The summed E-state index contributed by atoms with van der Waals surface area (Å²) in [6.07, 6.45) is 1.87. The lowest BCUT2D eigenvalue weighted by Crippen LogP contribution is -2.44. The number of benzene rings is 3. The Labute approximate surface area is 178 Å². The summed E-state index contributed by atoms with van der Waals surface area (Å²) in [4.78, 5) is 31.6. The lowest BCUT2D eigenvalue weighted by molar-refractivity contribution is -0.119. The molecule has 0 saturated carbocycles. The summed E-state index contributed by atoms with van der Waals surface area (Å²) in [5, 5.41) is 3.87. The number of fused-ring (bicyclic) bond motifs is 2. The summed E-state index contributed by atoms with van der Waals surface area (Å²) >= 11 is 0. The van der Waals surface area contributed by atoms with Gasteiger partial charge in [0.2, 0.25) is 5.91 Å². The van der Waals surface area contributed by atoms with Gasteiger partial charge in [-0.05, 0) is 42.0 Å². The van der Waals surface area contributed by atoms with Gasteiger partial charge in [-0.3, -0.25) is 9.59 Å². The van der Waals surface area contributed by atoms with Crippen molar-refractivity contribution in [1.29, 1.82) is 0 Å². The van der Waals surface area contributed by atoms with Crippen LogP contribution in [0.5, 0.6) is 0 Å². The van der Waals surface area contributed by atoms with Gasteiger partial charge in [0, 0.05) is 41.0 Å². The highest BCUT2D eigenvalue weighted by Crippen LogP contribution is 2.44. The SMILES string of the molecule is CN1C(=O)c2ccccc2[C@H](C(=O)Nc2ccc(F)cc2)[C@@H]1c1c[nH]c2ccccc12. The van der Waals surface area contributed by atoms with Crippen LogP contribution in [-0.4, -0.2) is 28.7 Å². The molecule has 1 aliphatic rings. The van der Waals surface area contributed by atoms with Crippen molar-refractivity contribution < 1.29 is 14.0 Å². The molecule has 0 saturated heterocycles. The summed E-state index contributed by atoms with van der Waals surface area (Å²) in [7, 11) is 1.73. The highest BCUT2D eigenvalue weighted by Gasteiger charge is 2.43. The van der Waals surface area contributed by atoms with Gasteiger partial charge in [-0.25, -0.2) is 4.39 Å². The second-order valence-electron chi connectivity index (χ2n) is 7.71. The van der Waals surface area contributed by atoms with E-state index in [1.807, 2.05) is 42.6 Å². The Hall–Kier alpha value is -3.93. The van der Waals surface area contributed by atoms with Crippen molar-refractivity contribution >= 4 is 28.4 Å². The number of nitrogens with one attached hydrogen (secondary N) is 2. The molecule has 0 radical (unpaired) electrons. The number of hydrogen-bond donors (Lipinski definition) is 2. The van der Waals surface area contributed by atoms with Gasteiger partial charge in [-0.1, -0.05) is 36.4 Å². The molecule has 1 aromatic heterocycles. The van der Waals surface area contributed by atoms with Crippen molar-refractivity contribution in [2.24, 2.45) is 0 Å². The molecule has 2 amide bonds. The number of anilines is 1. The van der Waals surface area contributed by atoms with Crippen molar-refractivity contribution in [3.8, 4) is 0 Å². The summed E-state index contributed by atoms with van der Waals surface area (Å²) in [6.45, 7) is 0. The topological polar surface area (TPSA) is 65.2 Å². The van der Waals surface area contributed by atoms with E-state index in [1.54, 1.807) is 24.1 Å². The van der Waals surface area contributed by atoms with Crippen LogP contribution in [0.1, 0.15) is 33.4 Å². The highest BCUT2D eigenvalue weighted by molar-refractivity contribution is 6.05. The van der Waals surface area contributed by atoms with Crippen LogP contribution in [-0.2, 0) is 4.79 Å². The molecule has 4 aromatic rings. The molecular weight excluding hydrogens is 393 g/mol. The fourth-order valence-electron chi connectivity index (χ4n) is 4.44. The fraction of sp³-hybridized carbons (Fsp3) is 0.120. The maximum absolute atomic E-state index is 13.6. The quantitative estimate of drug-likeness (QED) is 0.504. The number of halogens is 1. The highest BCUT2D eigenvalue weighted by atomic mass is 19.1. The molecular formula is C25H20FN3O2. The number of para-hydroxylation sites is 1. The van der Waals surface area contributed by atoms with Crippen LogP contribution < -0.4 is 5.32 Å². The second-order valence-corrected chi connectivity index (χ2v) is 7.71. The number of carbonyl (C=O) groups is 2. The van der Waals surface area contributed by atoms with Gasteiger partial charge in [-0.15, -0.1) is 0 Å². The van der Waals surface area contributed by atoms with E-state index in [-0.39, 0.29) is 17.6 Å². The van der Waals surface area contributed by atoms with E-state index in [9.17, 15) is 14.0 Å². The molecule has 2 heterocycles. The van der Waals surface area contributed by atoms with Crippen LogP contribution >= 0.6 is 0 Å². The number of carbonyl (C=O) groups excluding carboxylic acids is 2. The average molecular weight is 413 g/mol. The predicted molar refractivity (Wildman–Crippen MR) is 117 cm³/mol. The van der Waals surface area contributed by atoms with E-state index < -0.39 is 12.0 Å². The number of rotatable bonds is 3. The number of H-pyrrole nitrogens is 1. The molecule has 3 aromatic carbocycles. The standard InChI is InChI=1S/C25H20FN3O2/c1-29-23(20-14-27-21-9-5-4-6-17(20)21)22(18-7-2-3-8-19(18)25(29)31)24(30)28-16-12-10-15(26)11-13-16/h2-14,22-23,27H,1H3,(H,28,30)/t22-,23-/m0/s1. The minimum absolute atomic E-state index is 0.128. The van der Waals surface area contributed by atoms with Crippen LogP contribution in [0, 0.1) is 5.82 Å². The van der Waals surface area contributed by atoms with Gasteiger partial charge in [0.15, 0.2) is 0 Å². The van der Waals surface area contributed by atoms with E-state index in [4.69, 9.17) is 0 Å². The summed E-state index contributed by atoms with van der Waals surface area (Å²) in [6, 6.07) is 20.2. The van der Waals surface area contributed by atoms with Crippen LogP contribution in [0.2, 0.25) is 0 Å². The Morgan fingerprint density at radius 1 is 0.968 bits per heavy atom. The first-order valence-corrected chi connectivity index (χ1v) is 10.0. The van der Waals surface area contributed by atoms with E-state index in [0.29, 0.717) is 16.8 Å². The Balaban J connectivity index is 1.64. The van der Waals surface area contributed by atoms with Gasteiger partial charge in [0.25, 0.3) is 5.91 Å². The monoisotopic (exact) mass is 413 g/mol. The zero-order chi connectivity index (χ0) is 21.5. The smallest absolute Gasteiger partial charge is 0.254 e. The van der Waals surface area contributed by atoms with Crippen molar-refractivity contribution in [2.75, 3.05) is 12.4 Å². The Bertz CT molecular complexity index is 1300. The van der Waals surface area contributed by atoms with E-state index in [1.165, 1.54) is 24.3 Å². The van der Waals surface area contributed by atoms with Crippen molar-refractivity contribution in [3.05, 3.63) is 102 Å². The lowest BCUT2D eigenvalue weighted by atomic mass is 9.79. The van der Waals surface area contributed by atoms with Gasteiger partial charge in [0.1, 0.15) is 5.82 Å². The predicted octanol–water partition coefficient (Wildman–Crippen LogP) is 4.86. The third-order valence-electron chi connectivity index (χ3n) is 5.91. The van der Waals surface area contributed by atoms with Crippen LogP contribution in [0.25, 0.3) is 10.9 Å². The minimum atomic E-state index is -0.636.